The fraction of sp³-hybridized carbons (Fsp3) is 0.0741. The standard InChI is InChI=1S/C27H24BrO3P/c1-31-27(30)21-17-18-26(29)22(19-21)20-32(28,23-11-5-2-6-12-23,24-13-7-3-8-14-24)25-15-9-4-10-16-25/h2-19,29H,20H2,1H3. The molecule has 3 nitrogen and oxygen atoms in total. The van der Waals surface area contributed by atoms with Crippen LogP contribution < -0.4 is 15.9 Å². The number of phenolic OH excluding ortho intramolecular Hbond substituents is 1. The van der Waals surface area contributed by atoms with Crippen LogP contribution in [0.4, 0.5) is 0 Å². The van der Waals surface area contributed by atoms with Gasteiger partial charge in [0.25, 0.3) is 0 Å². The molecule has 4 rings (SSSR count). The van der Waals surface area contributed by atoms with Crippen LogP contribution in [0, 0.1) is 0 Å². The Balaban J connectivity index is 2.07. The predicted octanol–water partition coefficient (Wildman–Crippen LogP) is 5.52. The van der Waals surface area contributed by atoms with Crippen molar-refractivity contribution >= 4 is 42.7 Å². The molecule has 32 heavy (non-hydrogen) atoms. The number of carbonyl (C=O) groups is 1. The van der Waals surface area contributed by atoms with Crippen molar-refractivity contribution in [2.75, 3.05) is 7.11 Å². The molecule has 0 amide bonds. The molecule has 0 aromatic heterocycles. The zero-order valence-corrected chi connectivity index (χ0v) is 20.2. The molecule has 0 aliphatic heterocycles. The summed E-state index contributed by atoms with van der Waals surface area (Å²) in [5.74, 6) is -0.283. The Bertz CT molecular complexity index is 1130. The van der Waals surface area contributed by atoms with Gasteiger partial charge < -0.3 is 0 Å². The fourth-order valence-corrected chi connectivity index (χ4v) is 11.9. The van der Waals surface area contributed by atoms with Crippen molar-refractivity contribution in [3.8, 4) is 5.75 Å². The molecule has 0 aliphatic rings. The first-order valence-corrected chi connectivity index (χ1v) is 14.7. The van der Waals surface area contributed by atoms with Crippen LogP contribution in [0.3, 0.4) is 0 Å². The third-order valence-corrected chi connectivity index (χ3v) is 15.3. The van der Waals surface area contributed by atoms with Gasteiger partial charge in [0.05, 0.1) is 0 Å². The van der Waals surface area contributed by atoms with E-state index in [9.17, 15) is 9.90 Å². The Kier molecular flexibility index (Phi) is 6.19. The second kappa shape index (κ2) is 8.90. The molecule has 0 saturated carbocycles. The Morgan fingerprint density at radius 3 is 1.62 bits per heavy atom. The van der Waals surface area contributed by atoms with Gasteiger partial charge in [-0.1, -0.05) is 0 Å². The third kappa shape index (κ3) is 3.74. The zero-order chi connectivity index (χ0) is 22.6. The molecule has 1 N–H and O–H groups in total. The normalized spacial score (nSPS) is 12.5. The maximum absolute atomic E-state index is 12.2. The zero-order valence-electron chi connectivity index (χ0n) is 17.7. The van der Waals surface area contributed by atoms with Crippen LogP contribution in [0.25, 0.3) is 0 Å². The number of methoxy groups -OCH3 is 1. The number of phenols is 1. The molecule has 5 heteroatoms. The van der Waals surface area contributed by atoms with Gasteiger partial charge in [0, 0.05) is 0 Å². The van der Waals surface area contributed by atoms with Crippen LogP contribution in [0.15, 0.2) is 109 Å². The number of ether oxygens (including phenoxy) is 1. The number of benzene rings is 4. The van der Waals surface area contributed by atoms with Gasteiger partial charge in [-0.15, -0.1) is 0 Å². The second-order valence-corrected chi connectivity index (χ2v) is 16.6. The van der Waals surface area contributed by atoms with E-state index in [0.29, 0.717) is 17.3 Å². The average Bonchev–Trinajstić information content (AvgIpc) is 2.86. The van der Waals surface area contributed by atoms with E-state index >= 15 is 0 Å². The fourth-order valence-electron chi connectivity index (χ4n) is 4.21. The molecular weight excluding hydrogens is 483 g/mol. The van der Waals surface area contributed by atoms with Crippen LogP contribution in [-0.2, 0) is 10.9 Å². The summed E-state index contributed by atoms with van der Waals surface area (Å²) in [4.78, 5) is 12.2. The molecule has 0 bridgehead atoms. The number of aromatic hydroxyl groups is 1. The van der Waals surface area contributed by atoms with Gasteiger partial charge in [0.1, 0.15) is 0 Å². The van der Waals surface area contributed by atoms with Crippen LogP contribution in [0.1, 0.15) is 15.9 Å². The summed E-state index contributed by atoms with van der Waals surface area (Å²) >= 11 is 4.37. The Morgan fingerprint density at radius 2 is 1.22 bits per heavy atom. The van der Waals surface area contributed by atoms with Crippen molar-refractivity contribution in [1.82, 2.24) is 0 Å². The molecule has 0 unspecified atom stereocenters. The number of hydrogen-bond acceptors (Lipinski definition) is 3. The quantitative estimate of drug-likeness (QED) is 0.276. The first kappa shape index (κ1) is 22.3. The maximum atomic E-state index is 12.2. The number of hydrogen-bond donors (Lipinski definition) is 1. The second-order valence-electron chi connectivity index (χ2n) is 7.68. The van der Waals surface area contributed by atoms with Gasteiger partial charge in [0.15, 0.2) is 0 Å². The van der Waals surface area contributed by atoms with Crippen LogP contribution in [0.2, 0.25) is 0 Å². The minimum absolute atomic E-state index is 0.147. The summed E-state index contributed by atoms with van der Waals surface area (Å²) in [6.45, 7) is 0. The Morgan fingerprint density at radius 1 is 0.781 bits per heavy atom. The molecule has 0 aliphatic carbocycles. The van der Waals surface area contributed by atoms with Crippen molar-refractivity contribution in [2.24, 2.45) is 0 Å². The summed E-state index contributed by atoms with van der Waals surface area (Å²) in [6, 6.07) is 35.9. The summed E-state index contributed by atoms with van der Waals surface area (Å²) in [6.07, 6.45) is 0.486. The Labute approximate surface area is 196 Å². The first-order valence-electron chi connectivity index (χ1n) is 10.3. The van der Waals surface area contributed by atoms with Crippen molar-refractivity contribution in [3.05, 3.63) is 120 Å². The van der Waals surface area contributed by atoms with E-state index in [4.69, 9.17) is 4.74 Å². The van der Waals surface area contributed by atoms with E-state index in [1.807, 2.05) is 54.6 Å². The van der Waals surface area contributed by atoms with Crippen LogP contribution in [0.5, 0.6) is 5.75 Å². The van der Waals surface area contributed by atoms with Gasteiger partial charge in [-0.05, 0) is 0 Å². The number of rotatable bonds is 6. The number of carbonyl (C=O) groups excluding carboxylic acids is 1. The molecule has 0 radical (unpaired) electrons. The van der Waals surface area contributed by atoms with Gasteiger partial charge >= 0.3 is 197 Å². The predicted molar refractivity (Wildman–Crippen MR) is 137 cm³/mol. The summed E-state index contributed by atoms with van der Waals surface area (Å²) in [7, 11) is 1.36. The van der Waals surface area contributed by atoms with E-state index in [1.165, 1.54) is 7.11 Å². The molecular formula is C27H24BrO3P. The molecule has 0 spiro atoms. The van der Waals surface area contributed by atoms with Gasteiger partial charge in [-0.3, -0.25) is 0 Å². The third-order valence-electron chi connectivity index (χ3n) is 5.85. The monoisotopic (exact) mass is 506 g/mol. The van der Waals surface area contributed by atoms with E-state index in [1.54, 1.807) is 18.2 Å². The van der Waals surface area contributed by atoms with E-state index < -0.39 is 11.3 Å². The molecule has 0 saturated heterocycles. The summed E-state index contributed by atoms with van der Waals surface area (Å²) in [5, 5.41) is 11.0. The SMILES string of the molecule is COC(=O)c1ccc(O)c(CP(Br)(c2ccccc2)(c2ccccc2)c2ccccc2)c1. The van der Waals surface area contributed by atoms with Gasteiger partial charge in [-0.25, -0.2) is 0 Å². The Hall–Kier alpha value is -2.94. The number of esters is 1. The molecule has 0 atom stereocenters. The van der Waals surface area contributed by atoms with Gasteiger partial charge in [0.2, 0.25) is 0 Å². The molecule has 162 valence electrons. The number of halogens is 1. The topological polar surface area (TPSA) is 46.5 Å². The van der Waals surface area contributed by atoms with E-state index in [2.05, 4.69) is 51.9 Å². The average molecular weight is 507 g/mol. The van der Waals surface area contributed by atoms with Crippen molar-refractivity contribution < 1.29 is 14.6 Å². The first-order chi connectivity index (χ1) is 15.5. The molecule has 4 aromatic rings. The van der Waals surface area contributed by atoms with Crippen LogP contribution in [-0.4, -0.2) is 18.2 Å². The van der Waals surface area contributed by atoms with Crippen molar-refractivity contribution in [3.63, 3.8) is 0 Å². The van der Waals surface area contributed by atoms with E-state index in [0.717, 1.165) is 15.9 Å². The van der Waals surface area contributed by atoms with Crippen molar-refractivity contribution in [1.29, 1.82) is 0 Å². The molecule has 4 aromatic carbocycles. The minimum atomic E-state index is -3.28. The van der Waals surface area contributed by atoms with Crippen LogP contribution >= 0.6 is 20.8 Å². The molecule has 0 heterocycles. The van der Waals surface area contributed by atoms with E-state index in [-0.39, 0.29) is 5.75 Å². The summed E-state index contributed by atoms with van der Waals surface area (Å²) < 4.78 is 4.92. The van der Waals surface area contributed by atoms with Crippen molar-refractivity contribution in [2.45, 2.75) is 6.16 Å². The molecule has 0 fully saturated rings. The van der Waals surface area contributed by atoms with Gasteiger partial charge in [-0.2, -0.15) is 0 Å². The summed E-state index contributed by atoms with van der Waals surface area (Å²) in [5.41, 5.74) is 1.09.